The number of carbonyl (C=O) groups is 3. The second-order valence-corrected chi connectivity index (χ2v) is 4.27. The monoisotopic (exact) mass is 262 g/mol. The molecule has 0 aliphatic carbocycles. The molecule has 19 heavy (non-hydrogen) atoms. The van der Waals surface area contributed by atoms with Gasteiger partial charge in [0.1, 0.15) is 5.92 Å². The lowest BCUT2D eigenvalue weighted by Gasteiger charge is -2.08. The van der Waals surface area contributed by atoms with E-state index in [1.807, 2.05) is 6.07 Å². The molecule has 1 aromatic rings. The van der Waals surface area contributed by atoms with Gasteiger partial charge in [-0.2, -0.15) is 0 Å². The van der Waals surface area contributed by atoms with Crippen LogP contribution in [0.3, 0.4) is 0 Å². The number of amides is 3. The average molecular weight is 262 g/mol. The largest absolute Gasteiger partial charge is 0.352 e. The van der Waals surface area contributed by atoms with Crippen molar-refractivity contribution in [2.45, 2.75) is 13.0 Å². The molecule has 1 aromatic heterocycles. The van der Waals surface area contributed by atoms with Crippen LogP contribution in [-0.2, 0) is 20.9 Å². The maximum atomic E-state index is 11.7. The summed E-state index contributed by atoms with van der Waals surface area (Å²) in [7, 11) is 1.45. The number of nitrogens with one attached hydrogen (secondary N) is 2. The predicted molar refractivity (Wildman–Crippen MR) is 65.1 cm³/mol. The summed E-state index contributed by atoms with van der Waals surface area (Å²) in [6.07, 6.45) is 3.14. The summed E-state index contributed by atoms with van der Waals surface area (Å²) >= 11 is 0. The highest BCUT2D eigenvalue weighted by Crippen LogP contribution is 2.12. The number of hydrogen-bond acceptors (Lipinski definition) is 4. The number of aromatic nitrogens is 1. The second kappa shape index (κ2) is 5.47. The van der Waals surface area contributed by atoms with Crippen LogP contribution in [0.1, 0.15) is 12.0 Å². The summed E-state index contributed by atoms with van der Waals surface area (Å²) in [5, 5.41) is 3.75. The van der Waals surface area contributed by atoms with Gasteiger partial charge in [-0.05, 0) is 11.6 Å². The van der Waals surface area contributed by atoms with E-state index < -0.39 is 11.8 Å². The molecule has 2 N–H and O–H groups in total. The van der Waals surface area contributed by atoms with Crippen molar-refractivity contribution >= 4 is 17.7 Å². The first-order valence-corrected chi connectivity index (χ1v) is 5.81. The molecular weight excluding hydrogens is 248 g/mol. The molecular formula is C12H14N4O3. The van der Waals surface area contributed by atoms with Crippen molar-refractivity contribution < 1.29 is 14.4 Å². The zero-order valence-electron chi connectivity index (χ0n) is 10.4. The minimum absolute atomic E-state index is 0.144. The highest BCUT2D eigenvalue weighted by molar-refractivity contribution is 6.07. The van der Waals surface area contributed by atoms with Gasteiger partial charge in [-0.15, -0.1) is 0 Å². The Morgan fingerprint density at radius 2 is 2.32 bits per heavy atom. The summed E-state index contributed by atoms with van der Waals surface area (Å²) in [6, 6.07) is 3.60. The molecule has 0 saturated carbocycles. The Balaban J connectivity index is 1.85. The van der Waals surface area contributed by atoms with Gasteiger partial charge in [0.2, 0.25) is 5.91 Å². The van der Waals surface area contributed by atoms with Crippen molar-refractivity contribution in [3.8, 4) is 0 Å². The molecule has 1 saturated heterocycles. The molecule has 100 valence electrons. The summed E-state index contributed by atoms with van der Waals surface area (Å²) in [6.45, 7) is 0.324. The summed E-state index contributed by atoms with van der Waals surface area (Å²) in [4.78, 5) is 38.6. The van der Waals surface area contributed by atoms with Gasteiger partial charge in [0.05, 0.1) is 0 Å². The van der Waals surface area contributed by atoms with Crippen molar-refractivity contribution in [2.75, 3.05) is 7.05 Å². The molecule has 7 heteroatoms. The molecule has 2 rings (SSSR count). The van der Waals surface area contributed by atoms with E-state index in [0.717, 1.165) is 10.6 Å². The topological polar surface area (TPSA) is 91.4 Å². The van der Waals surface area contributed by atoms with Crippen molar-refractivity contribution in [2.24, 2.45) is 5.92 Å². The molecule has 0 radical (unpaired) electrons. The molecule has 3 amide bonds. The molecule has 1 aliphatic rings. The molecule has 0 spiro atoms. The van der Waals surface area contributed by atoms with Crippen molar-refractivity contribution in [3.05, 3.63) is 30.1 Å². The van der Waals surface area contributed by atoms with Gasteiger partial charge in [0.15, 0.2) is 0 Å². The summed E-state index contributed by atoms with van der Waals surface area (Å²) in [5.74, 6) is -2.10. The van der Waals surface area contributed by atoms with Crippen LogP contribution >= 0.6 is 0 Å². The standard InChI is InChI=1S/C12H14N4O3/c1-16-12(19)9(11(18)15-16)5-10(17)14-7-8-3-2-4-13-6-8/h2-4,6,9H,5,7H2,1H3,(H,14,17)(H,15,18). The lowest BCUT2D eigenvalue weighted by molar-refractivity contribution is -0.135. The van der Waals surface area contributed by atoms with Gasteiger partial charge in [-0.3, -0.25) is 29.8 Å². The van der Waals surface area contributed by atoms with Crippen molar-refractivity contribution in [1.82, 2.24) is 20.7 Å². The number of hydrazine groups is 1. The van der Waals surface area contributed by atoms with Crippen LogP contribution in [0.15, 0.2) is 24.5 Å². The first kappa shape index (κ1) is 13.0. The lowest BCUT2D eigenvalue weighted by Crippen LogP contribution is -2.31. The minimum atomic E-state index is -0.932. The number of nitrogens with zero attached hydrogens (tertiary/aromatic N) is 2. The van der Waals surface area contributed by atoms with Crippen LogP contribution in [0.25, 0.3) is 0 Å². The maximum Gasteiger partial charge on any atom is 0.253 e. The molecule has 2 heterocycles. The van der Waals surface area contributed by atoms with Gasteiger partial charge in [0.25, 0.3) is 11.8 Å². The molecule has 1 atom stereocenters. The molecule has 1 fully saturated rings. The third-order valence-corrected chi connectivity index (χ3v) is 2.83. The fraction of sp³-hybridized carbons (Fsp3) is 0.333. The number of carbonyl (C=O) groups excluding carboxylic acids is 3. The Morgan fingerprint density at radius 1 is 1.53 bits per heavy atom. The van der Waals surface area contributed by atoms with Crippen LogP contribution in [0, 0.1) is 5.92 Å². The van der Waals surface area contributed by atoms with E-state index in [9.17, 15) is 14.4 Å². The quantitative estimate of drug-likeness (QED) is 0.695. The zero-order chi connectivity index (χ0) is 13.8. The van der Waals surface area contributed by atoms with Gasteiger partial charge < -0.3 is 5.32 Å². The fourth-order valence-corrected chi connectivity index (χ4v) is 1.79. The highest BCUT2D eigenvalue weighted by Gasteiger charge is 2.38. The van der Waals surface area contributed by atoms with Gasteiger partial charge >= 0.3 is 0 Å². The zero-order valence-corrected chi connectivity index (χ0v) is 10.4. The number of pyridine rings is 1. The summed E-state index contributed by atoms with van der Waals surface area (Å²) < 4.78 is 0. The Labute approximate surface area is 110 Å². The lowest BCUT2D eigenvalue weighted by atomic mass is 10.1. The van der Waals surface area contributed by atoms with Crippen molar-refractivity contribution in [1.29, 1.82) is 0 Å². The summed E-state index contributed by atoms with van der Waals surface area (Å²) in [5.41, 5.74) is 3.21. The van der Waals surface area contributed by atoms with Crippen LogP contribution < -0.4 is 10.7 Å². The number of rotatable bonds is 4. The predicted octanol–water partition coefficient (Wildman–Crippen LogP) is -0.793. The molecule has 0 bridgehead atoms. The minimum Gasteiger partial charge on any atom is -0.352 e. The van der Waals surface area contributed by atoms with Crippen LogP contribution in [0.4, 0.5) is 0 Å². The first-order valence-electron chi connectivity index (χ1n) is 5.81. The molecule has 1 unspecified atom stereocenters. The van der Waals surface area contributed by atoms with E-state index in [2.05, 4.69) is 15.7 Å². The highest BCUT2D eigenvalue weighted by atomic mass is 16.2. The Hall–Kier alpha value is -2.44. The van der Waals surface area contributed by atoms with E-state index in [-0.39, 0.29) is 18.2 Å². The first-order chi connectivity index (χ1) is 9.08. The van der Waals surface area contributed by atoms with Gasteiger partial charge in [-0.1, -0.05) is 6.07 Å². The van der Waals surface area contributed by atoms with E-state index >= 15 is 0 Å². The van der Waals surface area contributed by atoms with Crippen LogP contribution in [-0.4, -0.2) is 34.8 Å². The van der Waals surface area contributed by atoms with E-state index in [1.54, 1.807) is 18.5 Å². The van der Waals surface area contributed by atoms with E-state index in [0.29, 0.717) is 6.54 Å². The fourth-order valence-electron chi connectivity index (χ4n) is 1.79. The van der Waals surface area contributed by atoms with Gasteiger partial charge in [0, 0.05) is 32.4 Å². The molecule has 7 nitrogen and oxygen atoms in total. The van der Waals surface area contributed by atoms with Gasteiger partial charge in [-0.25, -0.2) is 0 Å². The smallest absolute Gasteiger partial charge is 0.253 e. The Bertz CT molecular complexity index is 503. The van der Waals surface area contributed by atoms with E-state index in [1.165, 1.54) is 7.05 Å². The number of hydrogen-bond donors (Lipinski definition) is 2. The third kappa shape index (κ3) is 3.06. The Morgan fingerprint density at radius 3 is 2.89 bits per heavy atom. The van der Waals surface area contributed by atoms with E-state index in [4.69, 9.17) is 0 Å². The second-order valence-electron chi connectivity index (χ2n) is 4.27. The maximum absolute atomic E-state index is 11.7. The van der Waals surface area contributed by atoms with Crippen LogP contribution in [0.5, 0.6) is 0 Å². The normalized spacial score (nSPS) is 18.4. The average Bonchev–Trinajstić information content (AvgIpc) is 2.64. The molecule has 0 aromatic carbocycles. The Kier molecular flexibility index (Phi) is 3.74. The third-order valence-electron chi connectivity index (χ3n) is 2.83. The molecule has 1 aliphatic heterocycles. The van der Waals surface area contributed by atoms with Crippen molar-refractivity contribution in [3.63, 3.8) is 0 Å². The van der Waals surface area contributed by atoms with Crippen LogP contribution in [0.2, 0.25) is 0 Å². The SMILES string of the molecule is CN1NC(=O)C(CC(=O)NCc2cccnc2)C1=O.